The fraction of sp³-hybridized carbons (Fsp3) is 0.611. The van der Waals surface area contributed by atoms with Crippen molar-refractivity contribution in [1.29, 1.82) is 0 Å². The van der Waals surface area contributed by atoms with Crippen LogP contribution in [0.3, 0.4) is 0 Å². The first-order valence-electron chi connectivity index (χ1n) is 8.23. The number of carbonyl (C=O) groups excluding carboxylic acids is 1. The average Bonchev–Trinajstić information content (AvgIpc) is 3.01. The zero-order chi connectivity index (χ0) is 17.7. The fourth-order valence-corrected chi connectivity index (χ4v) is 3.16. The van der Waals surface area contributed by atoms with Crippen molar-refractivity contribution in [2.45, 2.75) is 26.2 Å². The standard InChI is InChI=1S/C18H28N2O4.ClH/c1-18(11-19)9-10-20(12-18)15(21)8-6-13-5-7-14(22-2)17(24-4)16(13)23-3;/h5,7H,6,8-12,19H2,1-4H3;1H. The first kappa shape index (κ1) is 21.4. The van der Waals surface area contributed by atoms with E-state index < -0.39 is 0 Å². The molecule has 6 nitrogen and oxygen atoms in total. The topological polar surface area (TPSA) is 74.0 Å². The Bertz CT molecular complexity index is 597. The lowest BCUT2D eigenvalue weighted by atomic mass is 9.90. The lowest BCUT2D eigenvalue weighted by molar-refractivity contribution is -0.130. The molecule has 2 N–H and O–H groups in total. The number of ether oxygens (including phenoxy) is 3. The molecule has 0 aromatic heterocycles. The number of methoxy groups -OCH3 is 3. The van der Waals surface area contributed by atoms with Gasteiger partial charge in [0.05, 0.1) is 21.3 Å². The maximum absolute atomic E-state index is 12.5. The van der Waals surface area contributed by atoms with Gasteiger partial charge in [0.1, 0.15) is 0 Å². The van der Waals surface area contributed by atoms with E-state index in [4.69, 9.17) is 19.9 Å². The van der Waals surface area contributed by atoms with Gasteiger partial charge in [-0.15, -0.1) is 12.4 Å². The summed E-state index contributed by atoms with van der Waals surface area (Å²) in [5.74, 6) is 1.95. The predicted molar refractivity (Wildman–Crippen MR) is 100 cm³/mol. The zero-order valence-electron chi connectivity index (χ0n) is 15.5. The monoisotopic (exact) mass is 372 g/mol. The number of likely N-dealkylation sites (tertiary alicyclic amines) is 1. The van der Waals surface area contributed by atoms with Crippen molar-refractivity contribution in [3.05, 3.63) is 17.7 Å². The Labute approximate surface area is 156 Å². The second-order valence-corrected chi connectivity index (χ2v) is 6.57. The largest absolute Gasteiger partial charge is 0.493 e. The van der Waals surface area contributed by atoms with Crippen LogP contribution in [0.1, 0.15) is 25.3 Å². The Kier molecular flexibility index (Phi) is 7.83. The number of rotatable bonds is 7. The number of hydrogen-bond donors (Lipinski definition) is 1. The fourth-order valence-electron chi connectivity index (χ4n) is 3.16. The Morgan fingerprint density at radius 3 is 2.40 bits per heavy atom. The maximum Gasteiger partial charge on any atom is 0.222 e. The number of amides is 1. The normalized spacial score (nSPS) is 19.3. The molecule has 1 aromatic rings. The van der Waals surface area contributed by atoms with Crippen LogP contribution < -0.4 is 19.9 Å². The second-order valence-electron chi connectivity index (χ2n) is 6.57. The third kappa shape index (κ3) is 4.70. The van der Waals surface area contributed by atoms with Crippen molar-refractivity contribution in [3.8, 4) is 17.2 Å². The number of benzene rings is 1. The summed E-state index contributed by atoms with van der Waals surface area (Å²) in [5, 5.41) is 0. The summed E-state index contributed by atoms with van der Waals surface area (Å²) in [6.45, 7) is 4.28. The number of hydrogen-bond acceptors (Lipinski definition) is 5. The number of aryl methyl sites for hydroxylation is 1. The molecular weight excluding hydrogens is 344 g/mol. The van der Waals surface area contributed by atoms with Crippen LogP contribution in [-0.4, -0.2) is 51.8 Å². The number of nitrogens with two attached hydrogens (primary N) is 1. The molecule has 1 aliphatic heterocycles. The van der Waals surface area contributed by atoms with E-state index in [0.717, 1.165) is 25.1 Å². The number of carbonyl (C=O) groups is 1. The van der Waals surface area contributed by atoms with Crippen LogP contribution in [0.5, 0.6) is 17.2 Å². The van der Waals surface area contributed by atoms with E-state index in [1.165, 1.54) is 0 Å². The highest BCUT2D eigenvalue weighted by molar-refractivity contribution is 5.85. The molecule has 1 aromatic carbocycles. The van der Waals surface area contributed by atoms with E-state index in [0.29, 0.717) is 36.6 Å². The van der Waals surface area contributed by atoms with Gasteiger partial charge in [0, 0.05) is 19.5 Å². The van der Waals surface area contributed by atoms with Gasteiger partial charge in [0.25, 0.3) is 0 Å². The van der Waals surface area contributed by atoms with Gasteiger partial charge in [-0.25, -0.2) is 0 Å². The number of halogens is 1. The van der Waals surface area contributed by atoms with Crippen molar-refractivity contribution in [3.63, 3.8) is 0 Å². The van der Waals surface area contributed by atoms with Gasteiger partial charge in [0.15, 0.2) is 11.5 Å². The molecule has 1 fully saturated rings. The Hall–Kier alpha value is -1.66. The van der Waals surface area contributed by atoms with Gasteiger partial charge >= 0.3 is 0 Å². The smallest absolute Gasteiger partial charge is 0.222 e. The molecular formula is C18H29ClN2O4. The SMILES string of the molecule is COc1ccc(CCC(=O)N2CCC(C)(CN)C2)c(OC)c1OC.Cl. The van der Waals surface area contributed by atoms with Gasteiger partial charge in [0.2, 0.25) is 11.7 Å². The molecule has 1 heterocycles. The maximum atomic E-state index is 12.5. The predicted octanol–water partition coefficient (Wildman–Crippen LogP) is 2.26. The molecule has 2 rings (SSSR count). The van der Waals surface area contributed by atoms with Crippen LogP contribution in [0, 0.1) is 5.41 Å². The summed E-state index contributed by atoms with van der Waals surface area (Å²) < 4.78 is 16.1. The minimum atomic E-state index is 0. The average molecular weight is 373 g/mol. The molecule has 1 amide bonds. The molecule has 25 heavy (non-hydrogen) atoms. The lowest BCUT2D eigenvalue weighted by Crippen LogP contribution is -2.34. The Balaban J connectivity index is 0.00000312. The molecule has 1 saturated heterocycles. The van der Waals surface area contributed by atoms with E-state index in [2.05, 4.69) is 6.92 Å². The molecule has 0 spiro atoms. The van der Waals surface area contributed by atoms with Crippen molar-refractivity contribution in [1.82, 2.24) is 4.90 Å². The molecule has 1 aliphatic rings. The highest BCUT2D eigenvalue weighted by Gasteiger charge is 2.34. The van der Waals surface area contributed by atoms with Gasteiger partial charge in [-0.1, -0.05) is 13.0 Å². The highest BCUT2D eigenvalue weighted by atomic mass is 35.5. The van der Waals surface area contributed by atoms with E-state index in [1.54, 1.807) is 21.3 Å². The van der Waals surface area contributed by atoms with E-state index in [1.807, 2.05) is 17.0 Å². The van der Waals surface area contributed by atoms with Crippen molar-refractivity contribution in [2.24, 2.45) is 11.1 Å². The summed E-state index contributed by atoms with van der Waals surface area (Å²) in [6, 6.07) is 3.75. The molecule has 7 heteroatoms. The van der Waals surface area contributed by atoms with Gasteiger partial charge in [-0.3, -0.25) is 4.79 Å². The third-order valence-electron chi connectivity index (χ3n) is 4.80. The van der Waals surface area contributed by atoms with E-state index in [-0.39, 0.29) is 23.7 Å². The van der Waals surface area contributed by atoms with Crippen molar-refractivity contribution in [2.75, 3.05) is 41.0 Å². The molecule has 0 aliphatic carbocycles. The summed E-state index contributed by atoms with van der Waals surface area (Å²) in [5.41, 5.74) is 6.80. The minimum absolute atomic E-state index is 0. The van der Waals surface area contributed by atoms with Crippen LogP contribution in [0.15, 0.2) is 12.1 Å². The Morgan fingerprint density at radius 1 is 1.20 bits per heavy atom. The van der Waals surface area contributed by atoms with E-state index >= 15 is 0 Å². The third-order valence-corrected chi connectivity index (χ3v) is 4.80. The first-order valence-corrected chi connectivity index (χ1v) is 8.23. The molecule has 0 saturated carbocycles. The van der Waals surface area contributed by atoms with Crippen molar-refractivity contribution < 1.29 is 19.0 Å². The van der Waals surface area contributed by atoms with Crippen LogP contribution in [-0.2, 0) is 11.2 Å². The summed E-state index contributed by atoms with van der Waals surface area (Å²) >= 11 is 0. The van der Waals surface area contributed by atoms with Crippen LogP contribution in [0.25, 0.3) is 0 Å². The molecule has 1 unspecified atom stereocenters. The van der Waals surface area contributed by atoms with E-state index in [9.17, 15) is 4.79 Å². The van der Waals surface area contributed by atoms with Crippen molar-refractivity contribution >= 4 is 18.3 Å². The molecule has 0 radical (unpaired) electrons. The second kappa shape index (κ2) is 9.15. The van der Waals surface area contributed by atoms with Crippen LogP contribution in [0.2, 0.25) is 0 Å². The van der Waals surface area contributed by atoms with Gasteiger partial charge in [-0.2, -0.15) is 0 Å². The molecule has 142 valence electrons. The number of nitrogens with zero attached hydrogens (tertiary/aromatic N) is 1. The van der Waals surface area contributed by atoms with Crippen LogP contribution in [0.4, 0.5) is 0 Å². The van der Waals surface area contributed by atoms with Crippen LogP contribution >= 0.6 is 12.4 Å². The Morgan fingerprint density at radius 2 is 1.88 bits per heavy atom. The molecule has 1 atom stereocenters. The van der Waals surface area contributed by atoms with Gasteiger partial charge in [-0.05, 0) is 36.4 Å². The summed E-state index contributed by atoms with van der Waals surface area (Å²) in [7, 11) is 4.76. The quantitative estimate of drug-likeness (QED) is 0.794. The first-order chi connectivity index (χ1) is 11.5. The zero-order valence-corrected chi connectivity index (χ0v) is 16.3. The highest BCUT2D eigenvalue weighted by Crippen LogP contribution is 2.40. The lowest BCUT2D eigenvalue weighted by Gasteiger charge is -2.22. The van der Waals surface area contributed by atoms with Gasteiger partial charge < -0.3 is 24.8 Å². The summed E-state index contributed by atoms with van der Waals surface area (Å²) in [4.78, 5) is 14.4. The summed E-state index contributed by atoms with van der Waals surface area (Å²) in [6.07, 6.45) is 2.00. The minimum Gasteiger partial charge on any atom is -0.493 e. The molecule has 0 bridgehead atoms.